The lowest BCUT2D eigenvalue weighted by molar-refractivity contribution is 0.425. The predicted octanol–water partition coefficient (Wildman–Crippen LogP) is 6.73. The Bertz CT molecular complexity index is 1270. The minimum atomic E-state index is -3.70. The lowest BCUT2D eigenvalue weighted by Crippen LogP contribution is -2.29. The van der Waals surface area contributed by atoms with E-state index >= 15 is 0 Å². The third-order valence-corrected chi connectivity index (χ3v) is 8.23. The number of halogens is 2. The number of anilines is 2. The van der Waals surface area contributed by atoms with Gasteiger partial charge in [0.1, 0.15) is 0 Å². The Balaban J connectivity index is 1.50. The van der Waals surface area contributed by atoms with Crippen molar-refractivity contribution in [2.75, 3.05) is 10.0 Å². The van der Waals surface area contributed by atoms with Crippen LogP contribution in [0.25, 0.3) is 0 Å². The summed E-state index contributed by atoms with van der Waals surface area (Å²) in [5, 5.41) is 4.36. The molecule has 1 heterocycles. The van der Waals surface area contributed by atoms with Gasteiger partial charge in [-0.3, -0.25) is 4.72 Å². The number of sulfonamides is 1. The van der Waals surface area contributed by atoms with E-state index in [1.165, 1.54) is 0 Å². The highest BCUT2D eigenvalue weighted by Crippen LogP contribution is 2.51. The van der Waals surface area contributed by atoms with Crippen molar-refractivity contribution in [1.29, 1.82) is 0 Å². The van der Waals surface area contributed by atoms with Gasteiger partial charge in [0.25, 0.3) is 10.0 Å². The first-order valence-corrected chi connectivity index (χ1v) is 12.7. The quantitative estimate of drug-likeness (QED) is 0.379. The lowest BCUT2D eigenvalue weighted by Gasteiger charge is -2.38. The van der Waals surface area contributed by atoms with Gasteiger partial charge >= 0.3 is 0 Å². The number of hydrogen-bond acceptors (Lipinski definition) is 3. The second-order valence-corrected chi connectivity index (χ2v) is 10.9. The van der Waals surface area contributed by atoms with Crippen molar-refractivity contribution < 1.29 is 8.42 Å². The first kappa shape index (κ1) is 20.6. The third kappa shape index (κ3) is 3.88. The Morgan fingerprint density at radius 3 is 2.55 bits per heavy atom. The fraction of sp³-hybridized carbons (Fsp3) is 0.167. The number of hydrogen-bond donors (Lipinski definition) is 2. The second-order valence-electron chi connectivity index (χ2n) is 7.86. The van der Waals surface area contributed by atoms with E-state index in [-0.39, 0.29) is 22.8 Å². The lowest BCUT2D eigenvalue weighted by atomic mass is 9.77. The van der Waals surface area contributed by atoms with Crippen LogP contribution in [0.2, 0.25) is 5.02 Å². The summed E-state index contributed by atoms with van der Waals surface area (Å²) in [6.45, 7) is 0. The Morgan fingerprint density at radius 2 is 1.77 bits per heavy atom. The molecule has 7 heteroatoms. The van der Waals surface area contributed by atoms with Crippen molar-refractivity contribution in [3.05, 3.63) is 99.5 Å². The van der Waals surface area contributed by atoms with E-state index in [1.807, 2.05) is 24.3 Å². The summed E-state index contributed by atoms with van der Waals surface area (Å²) < 4.78 is 29.6. The molecular weight excluding hydrogens is 496 g/mol. The summed E-state index contributed by atoms with van der Waals surface area (Å²) in [6, 6.07) is 20.3. The molecule has 2 N–H and O–H groups in total. The van der Waals surface area contributed by atoms with E-state index in [4.69, 9.17) is 11.6 Å². The van der Waals surface area contributed by atoms with Crippen LogP contribution in [-0.2, 0) is 10.0 Å². The molecular formula is C24H20BrClN2O2S. The maximum Gasteiger partial charge on any atom is 0.261 e. The van der Waals surface area contributed by atoms with E-state index in [9.17, 15) is 8.42 Å². The molecule has 3 aromatic rings. The van der Waals surface area contributed by atoms with E-state index < -0.39 is 10.0 Å². The first-order chi connectivity index (χ1) is 14.9. The fourth-order valence-electron chi connectivity index (χ4n) is 4.51. The van der Waals surface area contributed by atoms with Gasteiger partial charge in [0, 0.05) is 26.8 Å². The Labute approximate surface area is 195 Å². The van der Waals surface area contributed by atoms with Gasteiger partial charge in [0.05, 0.1) is 10.9 Å². The van der Waals surface area contributed by atoms with Crippen LogP contribution in [-0.4, -0.2) is 8.42 Å². The van der Waals surface area contributed by atoms with Gasteiger partial charge in [-0.25, -0.2) is 8.42 Å². The van der Waals surface area contributed by atoms with Crippen molar-refractivity contribution >= 4 is 48.9 Å². The molecule has 2 aliphatic rings. The number of nitrogens with one attached hydrogen (secondary N) is 2. The van der Waals surface area contributed by atoms with Crippen LogP contribution in [0.15, 0.2) is 88.3 Å². The monoisotopic (exact) mass is 514 g/mol. The Morgan fingerprint density at radius 1 is 1.00 bits per heavy atom. The number of rotatable bonds is 4. The van der Waals surface area contributed by atoms with Crippen LogP contribution in [0.4, 0.5) is 11.4 Å². The first-order valence-electron chi connectivity index (χ1n) is 10.0. The molecule has 31 heavy (non-hydrogen) atoms. The van der Waals surface area contributed by atoms with Gasteiger partial charge < -0.3 is 5.32 Å². The molecule has 158 valence electrons. The Hall–Kier alpha value is -2.28. The van der Waals surface area contributed by atoms with Crippen LogP contribution >= 0.6 is 27.5 Å². The van der Waals surface area contributed by atoms with Gasteiger partial charge in [0.2, 0.25) is 0 Å². The largest absolute Gasteiger partial charge is 0.378 e. The van der Waals surface area contributed by atoms with Gasteiger partial charge in [-0.2, -0.15) is 0 Å². The molecule has 0 saturated heterocycles. The van der Waals surface area contributed by atoms with Gasteiger partial charge in [0.15, 0.2) is 0 Å². The molecule has 0 amide bonds. The summed E-state index contributed by atoms with van der Waals surface area (Å²) in [5.41, 5.74) is 3.54. The topological polar surface area (TPSA) is 58.2 Å². The van der Waals surface area contributed by atoms with Crippen molar-refractivity contribution in [3.8, 4) is 0 Å². The van der Waals surface area contributed by atoms with Crippen molar-refractivity contribution in [2.45, 2.75) is 23.3 Å². The standard InChI is InChI=1S/C24H20BrClN2O2S/c25-15-8-10-16(11-9-15)28-31(29,30)17-12-13-23-21(14-17)18-5-3-6-19(18)24(27-23)20-4-1-2-7-22(20)26/h1-5,7-14,18-19,24,27-28H,6H2/t18-,19+,24-/m0/s1. The molecule has 0 radical (unpaired) electrons. The average molecular weight is 516 g/mol. The molecule has 0 aromatic heterocycles. The van der Waals surface area contributed by atoms with Gasteiger partial charge in [-0.15, -0.1) is 0 Å². The average Bonchev–Trinajstić information content (AvgIpc) is 3.25. The maximum absolute atomic E-state index is 13.0. The molecule has 3 atom stereocenters. The normalized spacial score (nSPS) is 21.8. The molecule has 0 fully saturated rings. The van der Waals surface area contributed by atoms with E-state index in [0.717, 1.165) is 32.7 Å². The van der Waals surface area contributed by atoms with Crippen LogP contribution in [0, 0.1) is 5.92 Å². The molecule has 1 aliphatic heterocycles. The molecule has 1 aliphatic carbocycles. The zero-order valence-electron chi connectivity index (χ0n) is 16.4. The highest BCUT2D eigenvalue weighted by Gasteiger charge is 2.39. The smallest absolute Gasteiger partial charge is 0.261 e. The highest BCUT2D eigenvalue weighted by molar-refractivity contribution is 9.10. The highest BCUT2D eigenvalue weighted by atomic mass is 79.9. The van der Waals surface area contributed by atoms with Crippen LogP contribution in [0.5, 0.6) is 0 Å². The zero-order valence-corrected chi connectivity index (χ0v) is 19.6. The SMILES string of the molecule is O=S(=O)(Nc1ccc(Br)cc1)c1ccc2c(c1)[C@H]1C=CC[C@H]1[C@@H](c1ccccc1Cl)N2. The summed E-state index contributed by atoms with van der Waals surface area (Å²) >= 11 is 9.86. The maximum atomic E-state index is 13.0. The van der Waals surface area contributed by atoms with Crippen LogP contribution in [0.1, 0.15) is 29.5 Å². The molecule has 0 bridgehead atoms. The van der Waals surface area contributed by atoms with Crippen molar-refractivity contribution in [1.82, 2.24) is 0 Å². The molecule has 0 saturated carbocycles. The molecule has 5 rings (SSSR count). The van der Waals surface area contributed by atoms with Crippen LogP contribution < -0.4 is 10.0 Å². The van der Waals surface area contributed by atoms with E-state index in [0.29, 0.717) is 5.69 Å². The number of benzene rings is 3. The predicted molar refractivity (Wildman–Crippen MR) is 129 cm³/mol. The van der Waals surface area contributed by atoms with Gasteiger partial charge in [-0.1, -0.05) is 57.9 Å². The molecule has 0 unspecified atom stereocenters. The summed E-state index contributed by atoms with van der Waals surface area (Å²) in [5.74, 6) is 0.421. The number of allylic oxidation sites excluding steroid dienone is 2. The molecule has 3 aromatic carbocycles. The van der Waals surface area contributed by atoms with Crippen LogP contribution in [0.3, 0.4) is 0 Å². The summed E-state index contributed by atoms with van der Waals surface area (Å²) in [7, 11) is -3.70. The Kier molecular flexibility index (Phi) is 5.32. The van der Waals surface area contributed by atoms with E-state index in [1.54, 1.807) is 36.4 Å². The van der Waals surface area contributed by atoms with Gasteiger partial charge in [-0.05, 0) is 72.0 Å². The third-order valence-electron chi connectivity index (χ3n) is 5.98. The zero-order chi connectivity index (χ0) is 21.6. The number of fused-ring (bicyclic) bond motifs is 3. The fourth-order valence-corrected chi connectivity index (χ4v) is 6.12. The van der Waals surface area contributed by atoms with Crippen molar-refractivity contribution in [3.63, 3.8) is 0 Å². The van der Waals surface area contributed by atoms with Crippen molar-refractivity contribution in [2.24, 2.45) is 5.92 Å². The molecule has 4 nitrogen and oxygen atoms in total. The minimum absolute atomic E-state index is 0.0737. The van der Waals surface area contributed by atoms with E-state index in [2.05, 4.69) is 44.2 Å². The molecule has 0 spiro atoms. The second kappa shape index (κ2) is 8.01. The summed E-state index contributed by atoms with van der Waals surface area (Å²) in [6.07, 6.45) is 5.28. The minimum Gasteiger partial charge on any atom is -0.378 e. The summed E-state index contributed by atoms with van der Waals surface area (Å²) in [4.78, 5) is 0.256.